The molecule has 0 aliphatic carbocycles. The summed E-state index contributed by atoms with van der Waals surface area (Å²) in [5.74, 6) is 0.869. The lowest BCUT2D eigenvalue weighted by Crippen LogP contribution is -2.08. The monoisotopic (exact) mass is 256 g/mol. The van der Waals surface area contributed by atoms with E-state index in [1.165, 1.54) is 5.69 Å². The zero-order valence-corrected chi connectivity index (χ0v) is 11.5. The Morgan fingerprint density at radius 1 is 0.895 bits per heavy atom. The molecule has 0 amide bonds. The van der Waals surface area contributed by atoms with Crippen LogP contribution in [0.2, 0.25) is 0 Å². The number of nitrogens with zero attached hydrogens (tertiary/aromatic N) is 1. The second-order valence-electron chi connectivity index (χ2n) is 4.70. The molecule has 0 bridgehead atoms. The zero-order chi connectivity index (χ0) is 13.7. The summed E-state index contributed by atoms with van der Waals surface area (Å²) in [6.07, 6.45) is 0. The van der Waals surface area contributed by atoms with E-state index in [-0.39, 0.29) is 0 Å². The van der Waals surface area contributed by atoms with Crippen molar-refractivity contribution < 1.29 is 4.74 Å². The molecule has 2 rings (SSSR count). The van der Waals surface area contributed by atoms with Crippen molar-refractivity contribution in [1.29, 1.82) is 0 Å². The van der Waals surface area contributed by atoms with Gasteiger partial charge in [0.1, 0.15) is 12.4 Å². The van der Waals surface area contributed by atoms with Crippen LogP contribution in [0.15, 0.2) is 48.5 Å². The van der Waals surface area contributed by atoms with Crippen molar-refractivity contribution in [1.82, 2.24) is 0 Å². The molecule has 3 heteroatoms. The van der Waals surface area contributed by atoms with E-state index >= 15 is 0 Å². The van der Waals surface area contributed by atoms with Gasteiger partial charge in [-0.25, -0.2) is 0 Å². The first-order chi connectivity index (χ1) is 9.19. The van der Waals surface area contributed by atoms with Gasteiger partial charge in [0.15, 0.2) is 0 Å². The Bertz CT molecular complexity index is 503. The fraction of sp³-hybridized carbons (Fsp3) is 0.250. The summed E-state index contributed by atoms with van der Waals surface area (Å²) >= 11 is 0. The van der Waals surface area contributed by atoms with Crippen LogP contribution in [0, 0.1) is 0 Å². The van der Waals surface area contributed by atoms with E-state index in [9.17, 15) is 0 Å². The molecule has 3 nitrogen and oxygen atoms in total. The molecular formula is C16H20N2O. The van der Waals surface area contributed by atoms with Crippen molar-refractivity contribution in [3.05, 3.63) is 59.7 Å². The molecule has 0 saturated carbocycles. The fourth-order valence-electron chi connectivity index (χ4n) is 1.78. The van der Waals surface area contributed by atoms with Gasteiger partial charge in [-0.1, -0.05) is 24.3 Å². The van der Waals surface area contributed by atoms with Gasteiger partial charge < -0.3 is 15.4 Å². The van der Waals surface area contributed by atoms with Crippen molar-refractivity contribution in [3.63, 3.8) is 0 Å². The average Bonchev–Trinajstić information content (AvgIpc) is 2.46. The first-order valence-electron chi connectivity index (χ1n) is 6.37. The second-order valence-corrected chi connectivity index (χ2v) is 4.70. The second kappa shape index (κ2) is 6.25. The Morgan fingerprint density at radius 3 is 2.00 bits per heavy atom. The van der Waals surface area contributed by atoms with Crippen LogP contribution in [0.5, 0.6) is 5.75 Å². The third kappa shape index (κ3) is 3.73. The largest absolute Gasteiger partial charge is 0.489 e. The maximum absolute atomic E-state index is 5.74. The normalized spacial score (nSPS) is 10.3. The van der Waals surface area contributed by atoms with Crippen molar-refractivity contribution >= 4 is 5.69 Å². The number of rotatable bonds is 5. The molecule has 2 N–H and O–H groups in total. The van der Waals surface area contributed by atoms with Gasteiger partial charge in [-0.05, 0) is 35.4 Å². The van der Waals surface area contributed by atoms with Gasteiger partial charge in [-0.15, -0.1) is 0 Å². The summed E-state index contributed by atoms with van der Waals surface area (Å²) in [5.41, 5.74) is 9.02. The van der Waals surface area contributed by atoms with Crippen LogP contribution in [-0.2, 0) is 13.2 Å². The molecule has 0 aromatic heterocycles. The van der Waals surface area contributed by atoms with E-state index < -0.39 is 0 Å². The lowest BCUT2D eigenvalue weighted by Gasteiger charge is -2.13. The number of anilines is 1. The fourth-order valence-corrected chi connectivity index (χ4v) is 1.78. The molecular weight excluding hydrogens is 236 g/mol. The minimum atomic E-state index is 0.562. The number of benzene rings is 2. The molecule has 19 heavy (non-hydrogen) atoms. The van der Waals surface area contributed by atoms with E-state index in [4.69, 9.17) is 10.5 Å². The summed E-state index contributed by atoms with van der Waals surface area (Å²) in [4.78, 5) is 2.08. The number of ether oxygens (including phenoxy) is 1. The van der Waals surface area contributed by atoms with Crippen molar-refractivity contribution in [2.75, 3.05) is 19.0 Å². The highest BCUT2D eigenvalue weighted by Gasteiger charge is 1.98. The van der Waals surface area contributed by atoms with Gasteiger partial charge in [-0.3, -0.25) is 0 Å². The minimum absolute atomic E-state index is 0.562. The molecule has 0 heterocycles. The zero-order valence-electron chi connectivity index (χ0n) is 11.5. The molecule has 0 radical (unpaired) electrons. The van der Waals surface area contributed by atoms with Gasteiger partial charge in [-0.2, -0.15) is 0 Å². The first-order valence-corrected chi connectivity index (χ1v) is 6.37. The maximum Gasteiger partial charge on any atom is 0.119 e. The van der Waals surface area contributed by atoms with Crippen LogP contribution in [0.1, 0.15) is 11.1 Å². The van der Waals surface area contributed by atoms with Gasteiger partial charge in [0.25, 0.3) is 0 Å². The number of hydrogen-bond acceptors (Lipinski definition) is 3. The summed E-state index contributed by atoms with van der Waals surface area (Å²) < 4.78 is 5.74. The predicted molar refractivity (Wildman–Crippen MR) is 79.4 cm³/mol. The summed E-state index contributed by atoms with van der Waals surface area (Å²) in [6, 6.07) is 16.3. The molecule has 0 aliphatic rings. The Hall–Kier alpha value is -2.00. The van der Waals surface area contributed by atoms with Gasteiger partial charge in [0.05, 0.1) is 0 Å². The van der Waals surface area contributed by atoms with E-state index in [0.717, 1.165) is 16.9 Å². The summed E-state index contributed by atoms with van der Waals surface area (Å²) in [7, 11) is 4.06. The molecule has 0 aliphatic heterocycles. The third-order valence-electron chi connectivity index (χ3n) is 3.02. The van der Waals surface area contributed by atoms with Crippen LogP contribution in [0.3, 0.4) is 0 Å². The minimum Gasteiger partial charge on any atom is -0.489 e. The Morgan fingerprint density at radius 2 is 1.47 bits per heavy atom. The molecule has 0 unspecified atom stereocenters. The predicted octanol–water partition coefficient (Wildman–Crippen LogP) is 2.79. The Balaban J connectivity index is 1.94. The van der Waals surface area contributed by atoms with E-state index in [2.05, 4.69) is 29.2 Å². The van der Waals surface area contributed by atoms with E-state index in [1.807, 2.05) is 38.4 Å². The molecule has 0 spiro atoms. The van der Waals surface area contributed by atoms with Crippen molar-refractivity contribution in [3.8, 4) is 5.75 Å². The van der Waals surface area contributed by atoms with Crippen LogP contribution in [-0.4, -0.2) is 14.1 Å². The molecule has 100 valence electrons. The van der Waals surface area contributed by atoms with Gasteiger partial charge in [0.2, 0.25) is 0 Å². The van der Waals surface area contributed by atoms with Crippen molar-refractivity contribution in [2.24, 2.45) is 5.73 Å². The van der Waals surface area contributed by atoms with Crippen LogP contribution in [0.25, 0.3) is 0 Å². The molecule has 2 aromatic rings. The van der Waals surface area contributed by atoms with Gasteiger partial charge in [0, 0.05) is 26.3 Å². The lowest BCUT2D eigenvalue weighted by molar-refractivity contribution is 0.306. The average molecular weight is 256 g/mol. The highest BCUT2D eigenvalue weighted by Crippen LogP contribution is 2.16. The van der Waals surface area contributed by atoms with E-state index in [1.54, 1.807) is 0 Å². The quantitative estimate of drug-likeness (QED) is 0.894. The first kappa shape index (κ1) is 13.4. The highest BCUT2D eigenvalue weighted by atomic mass is 16.5. The lowest BCUT2D eigenvalue weighted by atomic mass is 10.2. The van der Waals surface area contributed by atoms with E-state index in [0.29, 0.717) is 13.2 Å². The number of hydrogen-bond donors (Lipinski definition) is 1. The van der Waals surface area contributed by atoms with Crippen LogP contribution < -0.4 is 15.4 Å². The standard InChI is InChI=1S/C16H20N2O/c1-18(2)15-7-3-14(4-8-15)12-19-16-9-5-13(11-17)6-10-16/h3-10H,11-12,17H2,1-2H3. The molecule has 0 atom stereocenters. The molecule has 0 saturated heterocycles. The third-order valence-corrected chi connectivity index (χ3v) is 3.02. The summed E-state index contributed by atoms with van der Waals surface area (Å²) in [6.45, 7) is 1.14. The van der Waals surface area contributed by atoms with Crippen LogP contribution >= 0.6 is 0 Å². The Kier molecular flexibility index (Phi) is 4.42. The topological polar surface area (TPSA) is 38.5 Å². The highest BCUT2D eigenvalue weighted by molar-refractivity contribution is 5.45. The summed E-state index contributed by atoms with van der Waals surface area (Å²) in [5, 5.41) is 0. The Labute approximate surface area is 114 Å². The van der Waals surface area contributed by atoms with Gasteiger partial charge >= 0.3 is 0 Å². The SMILES string of the molecule is CN(C)c1ccc(COc2ccc(CN)cc2)cc1. The molecule has 2 aromatic carbocycles. The molecule has 0 fully saturated rings. The maximum atomic E-state index is 5.74. The van der Waals surface area contributed by atoms with Crippen molar-refractivity contribution in [2.45, 2.75) is 13.2 Å². The van der Waals surface area contributed by atoms with Crippen LogP contribution in [0.4, 0.5) is 5.69 Å². The smallest absolute Gasteiger partial charge is 0.119 e. The number of nitrogens with two attached hydrogens (primary N) is 1.